The van der Waals surface area contributed by atoms with Gasteiger partial charge in [-0.2, -0.15) is 5.10 Å². The fraction of sp³-hybridized carbons (Fsp3) is 0.286. The molecule has 1 N–H and O–H groups in total. The van der Waals surface area contributed by atoms with Gasteiger partial charge in [-0.25, -0.2) is 9.67 Å². The Hall–Kier alpha value is -2.95. The maximum atomic E-state index is 12.4. The van der Waals surface area contributed by atoms with E-state index < -0.39 is 0 Å². The topological polar surface area (TPSA) is 59.8 Å². The highest BCUT2D eigenvalue weighted by molar-refractivity contribution is 5.94. The molecule has 0 radical (unpaired) electrons. The van der Waals surface area contributed by atoms with Gasteiger partial charge in [0, 0.05) is 24.0 Å². The number of carbonyl (C=O) groups is 1. The van der Waals surface area contributed by atoms with Crippen molar-refractivity contribution in [1.82, 2.24) is 20.1 Å². The second kappa shape index (κ2) is 7.52. The molecule has 3 aromatic rings. The summed E-state index contributed by atoms with van der Waals surface area (Å²) in [6, 6.07) is 11.7. The monoisotopic (exact) mass is 348 g/mol. The van der Waals surface area contributed by atoms with Crippen molar-refractivity contribution in [3.8, 4) is 5.82 Å². The minimum Gasteiger partial charge on any atom is -0.352 e. The van der Waals surface area contributed by atoms with Crippen LogP contribution in [0.5, 0.6) is 0 Å². The van der Waals surface area contributed by atoms with Crippen molar-refractivity contribution < 1.29 is 4.79 Å². The predicted molar refractivity (Wildman–Crippen MR) is 103 cm³/mol. The van der Waals surface area contributed by atoms with E-state index in [2.05, 4.69) is 21.5 Å². The van der Waals surface area contributed by atoms with Gasteiger partial charge in [0.15, 0.2) is 5.82 Å². The summed E-state index contributed by atoms with van der Waals surface area (Å²) in [5.74, 6) is 0.767. The molecule has 0 aliphatic heterocycles. The lowest BCUT2D eigenvalue weighted by molar-refractivity contribution is 0.0954. The van der Waals surface area contributed by atoms with Gasteiger partial charge in [-0.05, 0) is 63.9 Å². The van der Waals surface area contributed by atoms with Gasteiger partial charge < -0.3 is 5.32 Å². The Balaban J connectivity index is 1.69. The quantitative estimate of drug-likeness (QED) is 0.768. The Morgan fingerprint density at radius 2 is 1.81 bits per heavy atom. The van der Waals surface area contributed by atoms with Crippen LogP contribution < -0.4 is 5.32 Å². The number of nitrogens with zero attached hydrogens (tertiary/aromatic N) is 3. The molecule has 26 heavy (non-hydrogen) atoms. The van der Waals surface area contributed by atoms with E-state index in [1.165, 1.54) is 0 Å². The molecule has 1 amide bonds. The summed E-state index contributed by atoms with van der Waals surface area (Å²) in [6.07, 6.45) is 2.50. The fourth-order valence-electron chi connectivity index (χ4n) is 3.25. The first-order valence-electron chi connectivity index (χ1n) is 8.78. The zero-order valence-electron chi connectivity index (χ0n) is 15.7. The lowest BCUT2D eigenvalue weighted by atomic mass is 10.1. The number of amides is 1. The Morgan fingerprint density at radius 1 is 1.08 bits per heavy atom. The summed E-state index contributed by atoms with van der Waals surface area (Å²) in [7, 11) is 0. The van der Waals surface area contributed by atoms with Crippen LogP contribution in [0.1, 0.15) is 38.4 Å². The maximum Gasteiger partial charge on any atom is 0.251 e. The number of carbonyl (C=O) groups excluding carboxylic acids is 1. The van der Waals surface area contributed by atoms with Crippen LogP contribution in [-0.4, -0.2) is 27.2 Å². The molecule has 3 rings (SSSR count). The highest BCUT2D eigenvalue weighted by Gasteiger charge is 2.14. The number of hydrogen-bond acceptors (Lipinski definition) is 3. The summed E-state index contributed by atoms with van der Waals surface area (Å²) < 4.78 is 1.86. The van der Waals surface area contributed by atoms with Gasteiger partial charge in [-0.3, -0.25) is 4.79 Å². The fourth-order valence-corrected chi connectivity index (χ4v) is 3.25. The summed E-state index contributed by atoms with van der Waals surface area (Å²) in [6.45, 7) is 8.61. The van der Waals surface area contributed by atoms with Crippen LogP contribution in [0.3, 0.4) is 0 Å². The van der Waals surface area contributed by atoms with E-state index in [-0.39, 0.29) is 5.91 Å². The van der Waals surface area contributed by atoms with E-state index >= 15 is 0 Å². The zero-order chi connectivity index (χ0) is 18.7. The zero-order valence-corrected chi connectivity index (χ0v) is 15.7. The Bertz CT molecular complexity index is 908. The number of rotatable bonds is 5. The normalized spacial score (nSPS) is 10.8. The highest BCUT2D eigenvalue weighted by Crippen LogP contribution is 2.17. The third kappa shape index (κ3) is 3.82. The van der Waals surface area contributed by atoms with Crippen LogP contribution >= 0.6 is 0 Å². The molecule has 134 valence electrons. The molecular weight excluding hydrogens is 324 g/mol. The smallest absolute Gasteiger partial charge is 0.251 e. The molecule has 1 aromatic carbocycles. The van der Waals surface area contributed by atoms with Crippen LogP contribution in [0.15, 0.2) is 42.6 Å². The Morgan fingerprint density at radius 3 is 2.46 bits per heavy atom. The van der Waals surface area contributed by atoms with Gasteiger partial charge in [0.1, 0.15) is 0 Å². The number of benzene rings is 1. The molecule has 0 aliphatic carbocycles. The molecule has 0 atom stereocenters. The number of aryl methyl sites for hydroxylation is 3. The first-order valence-corrected chi connectivity index (χ1v) is 8.78. The van der Waals surface area contributed by atoms with Crippen LogP contribution in [0.2, 0.25) is 0 Å². The van der Waals surface area contributed by atoms with Crippen molar-refractivity contribution in [2.24, 2.45) is 0 Å². The van der Waals surface area contributed by atoms with Gasteiger partial charge >= 0.3 is 0 Å². The molecule has 0 bridgehead atoms. The average Bonchev–Trinajstić information content (AvgIpc) is 2.89. The molecule has 2 aromatic heterocycles. The summed E-state index contributed by atoms with van der Waals surface area (Å²) in [5, 5.41) is 7.61. The van der Waals surface area contributed by atoms with Gasteiger partial charge in [0.2, 0.25) is 0 Å². The summed E-state index contributed by atoms with van der Waals surface area (Å²) in [4.78, 5) is 16.8. The van der Waals surface area contributed by atoms with Gasteiger partial charge in [-0.1, -0.05) is 23.3 Å². The van der Waals surface area contributed by atoms with Gasteiger partial charge in [0.25, 0.3) is 5.91 Å². The van der Waals surface area contributed by atoms with E-state index in [0.29, 0.717) is 12.1 Å². The first-order chi connectivity index (χ1) is 12.5. The van der Waals surface area contributed by atoms with Gasteiger partial charge in [-0.15, -0.1) is 0 Å². The molecule has 0 saturated heterocycles. The molecule has 5 heteroatoms. The Labute approximate surface area is 154 Å². The standard InChI is InChI=1S/C21H24N4O/c1-14-11-15(2)13-18(12-14)21(26)23-10-8-19-16(3)24-25(17(19)4)20-7-5-6-9-22-20/h5-7,9,11-13H,8,10H2,1-4H3,(H,23,26). The van der Waals surface area contributed by atoms with Crippen LogP contribution in [0.25, 0.3) is 5.82 Å². The van der Waals surface area contributed by atoms with Crippen molar-refractivity contribution >= 4 is 5.91 Å². The molecule has 0 saturated carbocycles. The van der Waals surface area contributed by atoms with Crippen molar-refractivity contribution in [3.63, 3.8) is 0 Å². The lowest BCUT2D eigenvalue weighted by Crippen LogP contribution is -2.26. The lowest BCUT2D eigenvalue weighted by Gasteiger charge is -2.08. The second-order valence-electron chi connectivity index (χ2n) is 6.63. The SMILES string of the molecule is Cc1cc(C)cc(C(=O)NCCc2c(C)nn(-c3ccccn3)c2C)c1. The minimum atomic E-state index is -0.0378. The van der Waals surface area contributed by atoms with Crippen molar-refractivity contribution in [3.05, 3.63) is 76.2 Å². The van der Waals surface area contributed by atoms with Gasteiger partial charge in [0.05, 0.1) is 5.69 Å². The molecule has 0 aliphatic rings. The van der Waals surface area contributed by atoms with E-state index in [4.69, 9.17) is 0 Å². The maximum absolute atomic E-state index is 12.4. The van der Waals surface area contributed by atoms with Crippen LogP contribution in [-0.2, 0) is 6.42 Å². The van der Waals surface area contributed by atoms with E-state index in [0.717, 1.165) is 40.3 Å². The third-order valence-corrected chi connectivity index (χ3v) is 4.45. The predicted octanol–water partition coefficient (Wildman–Crippen LogP) is 3.47. The molecular formula is C21H24N4O. The minimum absolute atomic E-state index is 0.0378. The number of pyridine rings is 1. The highest BCUT2D eigenvalue weighted by atomic mass is 16.1. The molecule has 0 unspecified atom stereocenters. The van der Waals surface area contributed by atoms with Crippen LogP contribution in [0.4, 0.5) is 0 Å². The van der Waals surface area contributed by atoms with Crippen molar-refractivity contribution in [2.45, 2.75) is 34.1 Å². The van der Waals surface area contributed by atoms with E-state index in [1.54, 1.807) is 6.20 Å². The number of nitrogens with one attached hydrogen (secondary N) is 1. The third-order valence-electron chi connectivity index (χ3n) is 4.45. The van der Waals surface area contributed by atoms with Crippen molar-refractivity contribution in [1.29, 1.82) is 0 Å². The molecule has 0 spiro atoms. The molecule has 5 nitrogen and oxygen atoms in total. The summed E-state index contributed by atoms with van der Waals surface area (Å²) >= 11 is 0. The van der Waals surface area contributed by atoms with Crippen molar-refractivity contribution in [2.75, 3.05) is 6.54 Å². The molecule has 2 heterocycles. The average molecular weight is 348 g/mol. The second-order valence-corrected chi connectivity index (χ2v) is 6.63. The Kier molecular flexibility index (Phi) is 5.16. The first kappa shape index (κ1) is 17.9. The van der Waals surface area contributed by atoms with E-state index in [1.807, 2.05) is 62.7 Å². The largest absolute Gasteiger partial charge is 0.352 e. The number of hydrogen-bond donors (Lipinski definition) is 1. The van der Waals surface area contributed by atoms with E-state index in [9.17, 15) is 4.79 Å². The number of aromatic nitrogens is 3. The summed E-state index contributed by atoms with van der Waals surface area (Å²) in [5.41, 5.74) is 6.07. The molecule has 0 fully saturated rings. The van der Waals surface area contributed by atoms with Crippen LogP contribution in [0, 0.1) is 27.7 Å².